The number of unbranched alkanes of at least 4 members (excludes halogenated alkanes) is 1. The van der Waals surface area contributed by atoms with Crippen LogP contribution < -0.4 is 5.73 Å². The lowest BCUT2D eigenvalue weighted by atomic mass is 10.1. The molecule has 0 heterocycles. The number of carbonyl (C=O) groups excluding carboxylic acids is 1. The van der Waals surface area contributed by atoms with Gasteiger partial charge in [-0.15, -0.1) is 0 Å². The van der Waals surface area contributed by atoms with Crippen LogP contribution in [0.25, 0.3) is 0 Å². The number of rotatable bonds is 7. The summed E-state index contributed by atoms with van der Waals surface area (Å²) in [5.74, 6) is 0.161. The molecule has 0 bridgehead atoms. The normalized spacial score (nSPS) is 12.9. The molecule has 1 unspecified atom stereocenters. The average molecular weight is 173 g/mol. The molecule has 0 saturated carbocycles. The van der Waals surface area contributed by atoms with Gasteiger partial charge in [0.1, 0.15) is 5.78 Å². The molecule has 0 aliphatic carbocycles. The van der Waals surface area contributed by atoms with Crippen molar-refractivity contribution in [1.82, 2.24) is 0 Å². The lowest BCUT2D eigenvalue weighted by Crippen LogP contribution is -2.31. The number of ketones is 1. The van der Waals surface area contributed by atoms with E-state index in [0.29, 0.717) is 19.4 Å². The fraction of sp³-hybridized carbons (Fsp3) is 0.889. The van der Waals surface area contributed by atoms with Crippen LogP contribution in [0.3, 0.4) is 0 Å². The summed E-state index contributed by atoms with van der Waals surface area (Å²) in [4.78, 5) is 11.2. The zero-order chi connectivity index (χ0) is 9.40. The first kappa shape index (κ1) is 11.6. The van der Waals surface area contributed by atoms with Gasteiger partial charge in [-0.1, -0.05) is 13.3 Å². The SMILES string of the molecule is CCCCC(=O)C(N)CCOC. The van der Waals surface area contributed by atoms with E-state index in [-0.39, 0.29) is 11.8 Å². The van der Waals surface area contributed by atoms with Crippen molar-refractivity contribution in [2.75, 3.05) is 13.7 Å². The molecule has 2 N–H and O–H groups in total. The van der Waals surface area contributed by atoms with E-state index in [4.69, 9.17) is 10.5 Å². The van der Waals surface area contributed by atoms with Crippen LogP contribution in [0, 0.1) is 0 Å². The molecule has 0 aliphatic heterocycles. The van der Waals surface area contributed by atoms with Crippen LogP contribution in [0.15, 0.2) is 0 Å². The number of nitrogens with two attached hydrogens (primary N) is 1. The lowest BCUT2D eigenvalue weighted by Gasteiger charge is -2.08. The van der Waals surface area contributed by atoms with Gasteiger partial charge in [0.05, 0.1) is 6.04 Å². The van der Waals surface area contributed by atoms with Gasteiger partial charge in [0, 0.05) is 20.1 Å². The van der Waals surface area contributed by atoms with E-state index in [9.17, 15) is 4.79 Å². The average Bonchev–Trinajstić information content (AvgIpc) is 2.10. The second kappa shape index (κ2) is 7.25. The first-order valence-electron chi connectivity index (χ1n) is 4.49. The smallest absolute Gasteiger partial charge is 0.149 e. The minimum Gasteiger partial charge on any atom is -0.385 e. The van der Waals surface area contributed by atoms with Gasteiger partial charge in [0.25, 0.3) is 0 Å². The van der Waals surface area contributed by atoms with Crippen LogP contribution in [0.4, 0.5) is 0 Å². The second-order valence-electron chi connectivity index (χ2n) is 2.96. The molecule has 3 heteroatoms. The van der Waals surface area contributed by atoms with Crippen molar-refractivity contribution in [1.29, 1.82) is 0 Å². The molecule has 0 spiro atoms. The van der Waals surface area contributed by atoms with Crippen LogP contribution >= 0.6 is 0 Å². The standard InChI is InChI=1S/C9H19NO2/c1-3-4-5-9(11)8(10)6-7-12-2/h8H,3-7,10H2,1-2H3. The van der Waals surface area contributed by atoms with Gasteiger partial charge in [-0.25, -0.2) is 0 Å². The Morgan fingerprint density at radius 2 is 2.25 bits per heavy atom. The fourth-order valence-electron chi connectivity index (χ4n) is 0.942. The van der Waals surface area contributed by atoms with Crippen LogP contribution in [0.2, 0.25) is 0 Å². The second-order valence-corrected chi connectivity index (χ2v) is 2.96. The van der Waals surface area contributed by atoms with Crippen LogP contribution in [-0.4, -0.2) is 25.5 Å². The van der Waals surface area contributed by atoms with Gasteiger partial charge in [-0.2, -0.15) is 0 Å². The van der Waals surface area contributed by atoms with E-state index in [1.165, 1.54) is 0 Å². The van der Waals surface area contributed by atoms with E-state index >= 15 is 0 Å². The van der Waals surface area contributed by atoms with Gasteiger partial charge < -0.3 is 10.5 Å². The monoisotopic (exact) mass is 173 g/mol. The third-order valence-corrected chi connectivity index (χ3v) is 1.82. The number of methoxy groups -OCH3 is 1. The third-order valence-electron chi connectivity index (χ3n) is 1.82. The van der Waals surface area contributed by atoms with Crippen LogP contribution in [-0.2, 0) is 9.53 Å². The first-order chi connectivity index (χ1) is 5.72. The Morgan fingerprint density at radius 1 is 1.58 bits per heavy atom. The highest BCUT2D eigenvalue weighted by Gasteiger charge is 2.11. The Balaban J connectivity index is 3.47. The Labute approximate surface area is 74.3 Å². The largest absolute Gasteiger partial charge is 0.385 e. The van der Waals surface area contributed by atoms with Crippen LogP contribution in [0.5, 0.6) is 0 Å². The molecule has 0 radical (unpaired) electrons. The molecule has 12 heavy (non-hydrogen) atoms. The molecule has 0 aromatic rings. The van der Waals surface area contributed by atoms with E-state index in [1.54, 1.807) is 7.11 Å². The maximum atomic E-state index is 11.2. The van der Waals surface area contributed by atoms with Crippen molar-refractivity contribution in [3.63, 3.8) is 0 Å². The Bertz CT molecular complexity index is 126. The van der Waals surface area contributed by atoms with E-state index < -0.39 is 0 Å². The molecule has 0 fully saturated rings. The van der Waals surface area contributed by atoms with Gasteiger partial charge in [-0.3, -0.25) is 4.79 Å². The summed E-state index contributed by atoms with van der Waals surface area (Å²) in [5.41, 5.74) is 5.61. The van der Waals surface area contributed by atoms with Crippen molar-refractivity contribution in [3.8, 4) is 0 Å². The zero-order valence-electron chi connectivity index (χ0n) is 8.01. The number of hydrogen-bond donors (Lipinski definition) is 1. The minimum atomic E-state index is -0.323. The van der Waals surface area contributed by atoms with E-state index in [1.807, 2.05) is 0 Å². The molecule has 0 aromatic carbocycles. The third kappa shape index (κ3) is 5.27. The van der Waals surface area contributed by atoms with Gasteiger partial charge in [-0.05, 0) is 12.8 Å². The van der Waals surface area contributed by atoms with Crippen LogP contribution in [0.1, 0.15) is 32.6 Å². The quantitative estimate of drug-likeness (QED) is 0.627. The van der Waals surface area contributed by atoms with Gasteiger partial charge in [0.15, 0.2) is 0 Å². The van der Waals surface area contributed by atoms with E-state index in [2.05, 4.69) is 6.92 Å². The highest BCUT2D eigenvalue weighted by atomic mass is 16.5. The molecule has 0 aliphatic rings. The predicted octanol–water partition coefficient (Wildman–Crippen LogP) is 1.11. The maximum Gasteiger partial charge on any atom is 0.149 e. The Morgan fingerprint density at radius 3 is 2.75 bits per heavy atom. The zero-order valence-corrected chi connectivity index (χ0v) is 8.01. The molecule has 1 atom stereocenters. The van der Waals surface area contributed by atoms with Crippen molar-refractivity contribution in [3.05, 3.63) is 0 Å². The maximum absolute atomic E-state index is 11.2. The van der Waals surface area contributed by atoms with Crippen molar-refractivity contribution in [2.45, 2.75) is 38.6 Å². The molecule has 72 valence electrons. The summed E-state index contributed by atoms with van der Waals surface area (Å²) in [5, 5.41) is 0. The topological polar surface area (TPSA) is 52.3 Å². The van der Waals surface area contributed by atoms with E-state index in [0.717, 1.165) is 12.8 Å². The lowest BCUT2D eigenvalue weighted by molar-refractivity contribution is -0.120. The summed E-state index contributed by atoms with van der Waals surface area (Å²) in [6.45, 7) is 2.63. The Kier molecular flexibility index (Phi) is 7.00. The molecule has 0 saturated heterocycles. The summed E-state index contributed by atoms with van der Waals surface area (Å²) < 4.78 is 4.83. The van der Waals surface area contributed by atoms with Crippen molar-refractivity contribution >= 4 is 5.78 Å². The summed E-state index contributed by atoms with van der Waals surface area (Å²) in [6.07, 6.45) is 3.24. The molecular weight excluding hydrogens is 154 g/mol. The number of carbonyl (C=O) groups is 1. The molecule has 3 nitrogen and oxygen atoms in total. The van der Waals surface area contributed by atoms with Gasteiger partial charge >= 0.3 is 0 Å². The van der Waals surface area contributed by atoms with Crippen molar-refractivity contribution < 1.29 is 9.53 Å². The summed E-state index contributed by atoms with van der Waals surface area (Å²) in [6, 6.07) is -0.323. The van der Waals surface area contributed by atoms with Gasteiger partial charge in [0.2, 0.25) is 0 Å². The Hall–Kier alpha value is -0.410. The molecule has 0 amide bonds. The summed E-state index contributed by atoms with van der Waals surface area (Å²) in [7, 11) is 1.61. The number of Topliss-reactive ketones (excluding diaryl/α,β-unsaturated/α-hetero) is 1. The fourth-order valence-corrected chi connectivity index (χ4v) is 0.942. The van der Waals surface area contributed by atoms with Crippen molar-refractivity contribution in [2.24, 2.45) is 5.73 Å². The number of ether oxygens (including phenoxy) is 1. The highest BCUT2D eigenvalue weighted by Crippen LogP contribution is 2.00. The minimum absolute atomic E-state index is 0.161. The predicted molar refractivity (Wildman–Crippen MR) is 49.0 cm³/mol. The summed E-state index contributed by atoms with van der Waals surface area (Å²) >= 11 is 0. The molecule has 0 rings (SSSR count). The highest BCUT2D eigenvalue weighted by molar-refractivity contribution is 5.83. The molecule has 0 aromatic heterocycles. The number of hydrogen-bond acceptors (Lipinski definition) is 3. The first-order valence-corrected chi connectivity index (χ1v) is 4.49. The molecular formula is C9H19NO2.